The topological polar surface area (TPSA) is 81.9 Å². The van der Waals surface area contributed by atoms with Crippen molar-refractivity contribution >= 4 is 28.1 Å². The van der Waals surface area contributed by atoms with Crippen LogP contribution in [0.25, 0.3) is 11.4 Å². The van der Waals surface area contributed by atoms with Crippen molar-refractivity contribution in [2.75, 3.05) is 23.3 Å². The average molecular weight is 457 g/mol. The SMILES string of the molecule is N#Cc1sc(NC(=O)c2ccc(C(F)(F)F)cc2)nc1-c1cc(N2CCCCC2)ccn1. The average Bonchev–Trinajstić information content (AvgIpc) is 3.22. The normalized spacial score (nSPS) is 14.1. The zero-order valence-electron chi connectivity index (χ0n) is 16.8. The number of aromatic nitrogens is 2. The van der Waals surface area contributed by atoms with Gasteiger partial charge >= 0.3 is 6.18 Å². The Morgan fingerprint density at radius 3 is 2.50 bits per heavy atom. The maximum absolute atomic E-state index is 12.7. The molecule has 1 aliphatic rings. The van der Waals surface area contributed by atoms with E-state index in [0.717, 1.165) is 67.2 Å². The first-order valence-electron chi connectivity index (χ1n) is 9.96. The maximum Gasteiger partial charge on any atom is 0.416 e. The van der Waals surface area contributed by atoms with Crippen LogP contribution in [0.5, 0.6) is 0 Å². The molecule has 6 nitrogen and oxygen atoms in total. The molecule has 3 aromatic rings. The molecule has 1 aromatic carbocycles. The van der Waals surface area contributed by atoms with E-state index in [1.165, 1.54) is 6.42 Å². The molecule has 0 unspecified atom stereocenters. The summed E-state index contributed by atoms with van der Waals surface area (Å²) in [6, 6.07) is 9.76. The van der Waals surface area contributed by atoms with Gasteiger partial charge in [-0.3, -0.25) is 15.1 Å². The van der Waals surface area contributed by atoms with Crippen molar-refractivity contribution in [3.05, 3.63) is 58.6 Å². The van der Waals surface area contributed by atoms with Crippen LogP contribution in [-0.4, -0.2) is 29.0 Å². The first kappa shape index (κ1) is 21.8. The lowest BCUT2D eigenvalue weighted by molar-refractivity contribution is -0.137. The number of benzene rings is 1. The van der Waals surface area contributed by atoms with Crippen LogP contribution >= 0.6 is 11.3 Å². The Kier molecular flexibility index (Phi) is 6.10. The van der Waals surface area contributed by atoms with E-state index in [-0.39, 0.29) is 15.6 Å². The molecule has 1 amide bonds. The number of alkyl halides is 3. The van der Waals surface area contributed by atoms with Gasteiger partial charge in [-0.2, -0.15) is 18.4 Å². The number of rotatable bonds is 4. The highest BCUT2D eigenvalue weighted by Gasteiger charge is 2.30. The zero-order chi connectivity index (χ0) is 22.7. The summed E-state index contributed by atoms with van der Waals surface area (Å²) in [4.78, 5) is 23.7. The van der Waals surface area contributed by atoms with Gasteiger partial charge in [0.25, 0.3) is 5.91 Å². The Morgan fingerprint density at radius 1 is 1.12 bits per heavy atom. The van der Waals surface area contributed by atoms with Crippen LogP contribution in [0.15, 0.2) is 42.6 Å². The summed E-state index contributed by atoms with van der Waals surface area (Å²) in [5.41, 5.74) is 1.10. The summed E-state index contributed by atoms with van der Waals surface area (Å²) in [5, 5.41) is 12.3. The maximum atomic E-state index is 12.7. The molecule has 0 aliphatic carbocycles. The molecule has 10 heteroatoms. The number of piperidine rings is 1. The highest BCUT2D eigenvalue weighted by atomic mass is 32.1. The third-order valence-corrected chi connectivity index (χ3v) is 6.01. The monoisotopic (exact) mass is 457 g/mol. The zero-order valence-corrected chi connectivity index (χ0v) is 17.6. The lowest BCUT2D eigenvalue weighted by Crippen LogP contribution is -2.29. The van der Waals surface area contributed by atoms with E-state index >= 15 is 0 Å². The molecule has 2 aromatic heterocycles. The quantitative estimate of drug-likeness (QED) is 0.572. The molecule has 164 valence electrons. The van der Waals surface area contributed by atoms with Crippen molar-refractivity contribution in [2.45, 2.75) is 25.4 Å². The van der Waals surface area contributed by atoms with Crippen LogP contribution in [0, 0.1) is 11.3 Å². The number of carbonyl (C=O) groups excluding carboxylic acids is 1. The lowest BCUT2D eigenvalue weighted by atomic mass is 10.1. The van der Waals surface area contributed by atoms with Gasteiger partial charge in [-0.1, -0.05) is 11.3 Å². The van der Waals surface area contributed by atoms with Crippen molar-refractivity contribution < 1.29 is 18.0 Å². The Balaban J connectivity index is 1.55. The first-order chi connectivity index (χ1) is 15.3. The summed E-state index contributed by atoms with van der Waals surface area (Å²) in [5.74, 6) is -0.612. The third-order valence-electron chi connectivity index (χ3n) is 5.13. The fourth-order valence-corrected chi connectivity index (χ4v) is 4.27. The predicted molar refractivity (Wildman–Crippen MR) is 116 cm³/mol. The molecule has 32 heavy (non-hydrogen) atoms. The van der Waals surface area contributed by atoms with Crippen molar-refractivity contribution in [1.29, 1.82) is 5.26 Å². The third kappa shape index (κ3) is 4.73. The van der Waals surface area contributed by atoms with Gasteiger partial charge in [-0.25, -0.2) is 4.98 Å². The van der Waals surface area contributed by atoms with Gasteiger partial charge in [0, 0.05) is 30.5 Å². The van der Waals surface area contributed by atoms with E-state index in [9.17, 15) is 23.2 Å². The van der Waals surface area contributed by atoms with Gasteiger partial charge in [0.05, 0.1) is 11.3 Å². The van der Waals surface area contributed by atoms with Crippen LogP contribution in [-0.2, 0) is 6.18 Å². The number of nitrogens with zero attached hydrogens (tertiary/aromatic N) is 4. The highest BCUT2D eigenvalue weighted by molar-refractivity contribution is 7.16. The molecule has 0 radical (unpaired) electrons. The first-order valence-corrected chi connectivity index (χ1v) is 10.8. The minimum Gasteiger partial charge on any atom is -0.371 e. The smallest absolute Gasteiger partial charge is 0.371 e. The summed E-state index contributed by atoms with van der Waals surface area (Å²) in [7, 11) is 0. The molecule has 0 bridgehead atoms. The summed E-state index contributed by atoms with van der Waals surface area (Å²) < 4.78 is 38.1. The van der Waals surface area contributed by atoms with Crippen LogP contribution in [0.1, 0.15) is 40.1 Å². The number of anilines is 2. The molecule has 1 saturated heterocycles. The van der Waals surface area contributed by atoms with Gasteiger partial charge in [-0.15, -0.1) is 0 Å². The molecular formula is C22H18F3N5OS. The van der Waals surface area contributed by atoms with Gasteiger partial charge in [0.1, 0.15) is 16.6 Å². The predicted octanol–water partition coefficient (Wildman–Crippen LogP) is 5.34. The molecule has 0 saturated carbocycles. The molecule has 1 fully saturated rings. The summed E-state index contributed by atoms with van der Waals surface area (Å²) in [6.07, 6.45) is 0.647. The number of halogens is 3. The number of nitrogens with one attached hydrogen (secondary N) is 1. The van der Waals surface area contributed by atoms with E-state index in [4.69, 9.17) is 0 Å². The van der Waals surface area contributed by atoms with Crippen LogP contribution in [0.3, 0.4) is 0 Å². The fourth-order valence-electron chi connectivity index (χ4n) is 3.50. The lowest BCUT2D eigenvalue weighted by Gasteiger charge is -2.28. The molecule has 4 rings (SSSR count). The second kappa shape index (κ2) is 8.96. The fraction of sp³-hybridized carbons (Fsp3) is 0.273. The van der Waals surface area contributed by atoms with Gasteiger partial charge in [0.15, 0.2) is 5.13 Å². The Hall–Kier alpha value is -3.45. The number of carbonyl (C=O) groups is 1. The summed E-state index contributed by atoms with van der Waals surface area (Å²) in [6.45, 7) is 1.92. The Morgan fingerprint density at radius 2 is 1.84 bits per heavy atom. The summed E-state index contributed by atoms with van der Waals surface area (Å²) >= 11 is 0.988. The molecular weight excluding hydrogens is 439 g/mol. The largest absolute Gasteiger partial charge is 0.416 e. The van der Waals surface area contributed by atoms with Crippen molar-refractivity contribution in [3.63, 3.8) is 0 Å². The van der Waals surface area contributed by atoms with Gasteiger partial charge < -0.3 is 4.90 Å². The molecule has 0 atom stereocenters. The number of hydrogen-bond donors (Lipinski definition) is 1. The van der Waals surface area contributed by atoms with E-state index < -0.39 is 17.6 Å². The molecule has 1 aliphatic heterocycles. The van der Waals surface area contributed by atoms with Crippen LogP contribution < -0.4 is 10.2 Å². The van der Waals surface area contributed by atoms with E-state index in [1.807, 2.05) is 12.1 Å². The van der Waals surface area contributed by atoms with Crippen molar-refractivity contribution in [3.8, 4) is 17.5 Å². The minimum atomic E-state index is -4.48. The van der Waals surface area contributed by atoms with E-state index in [1.54, 1.807) is 6.20 Å². The van der Waals surface area contributed by atoms with Crippen molar-refractivity contribution in [1.82, 2.24) is 9.97 Å². The Bertz CT molecular complexity index is 1160. The number of pyridine rings is 1. The number of thiazole rings is 1. The van der Waals surface area contributed by atoms with Crippen LogP contribution in [0.4, 0.5) is 24.0 Å². The van der Waals surface area contributed by atoms with Crippen LogP contribution in [0.2, 0.25) is 0 Å². The van der Waals surface area contributed by atoms with E-state index in [0.29, 0.717) is 11.4 Å². The molecule has 3 heterocycles. The number of amides is 1. The Labute approximate surface area is 186 Å². The van der Waals surface area contributed by atoms with Gasteiger partial charge in [0.2, 0.25) is 0 Å². The second-order valence-electron chi connectivity index (χ2n) is 7.28. The van der Waals surface area contributed by atoms with E-state index in [2.05, 4.69) is 26.3 Å². The standard InChI is InChI=1S/C22H18F3N5OS/c23-22(24,25)15-6-4-14(5-7-15)20(31)29-21-28-19(18(13-26)32-21)17-12-16(8-9-27-17)30-10-2-1-3-11-30/h4-9,12H,1-3,10-11H2,(H,28,29,31). The van der Waals surface area contributed by atoms with Crippen molar-refractivity contribution in [2.24, 2.45) is 0 Å². The van der Waals surface area contributed by atoms with Gasteiger partial charge in [-0.05, 0) is 55.7 Å². The minimum absolute atomic E-state index is 0.0541. The highest BCUT2D eigenvalue weighted by Crippen LogP contribution is 2.32. The molecule has 0 spiro atoms. The number of nitriles is 1. The number of hydrogen-bond acceptors (Lipinski definition) is 6. The molecule has 1 N–H and O–H groups in total. The second-order valence-corrected chi connectivity index (χ2v) is 8.28.